The van der Waals surface area contributed by atoms with E-state index < -0.39 is 11.5 Å². The summed E-state index contributed by atoms with van der Waals surface area (Å²) >= 11 is 3.42. The van der Waals surface area contributed by atoms with Gasteiger partial charge in [0.1, 0.15) is 12.2 Å². The van der Waals surface area contributed by atoms with Crippen LogP contribution in [0.4, 0.5) is 5.69 Å². The number of imide groups is 1. The first-order chi connectivity index (χ1) is 12.3. The van der Waals surface area contributed by atoms with Crippen molar-refractivity contribution in [3.05, 3.63) is 28.2 Å². The van der Waals surface area contributed by atoms with Crippen LogP contribution in [0.25, 0.3) is 0 Å². The van der Waals surface area contributed by atoms with Crippen molar-refractivity contribution in [2.45, 2.75) is 45.3 Å². The Labute approximate surface area is 161 Å². The van der Waals surface area contributed by atoms with Gasteiger partial charge in [-0.2, -0.15) is 0 Å². The van der Waals surface area contributed by atoms with E-state index in [1.54, 1.807) is 12.1 Å². The van der Waals surface area contributed by atoms with Gasteiger partial charge in [0.25, 0.3) is 0 Å². The lowest BCUT2D eigenvalue weighted by atomic mass is 9.72. The maximum absolute atomic E-state index is 13.1. The molecule has 6 nitrogen and oxygen atoms in total. The lowest BCUT2D eigenvalue weighted by Crippen LogP contribution is -2.47. The van der Waals surface area contributed by atoms with E-state index in [1.165, 1.54) is 6.92 Å². The monoisotopic (exact) mass is 423 g/mol. The molecule has 1 aromatic rings. The summed E-state index contributed by atoms with van der Waals surface area (Å²) in [5.74, 6) is -1.22. The predicted molar refractivity (Wildman–Crippen MR) is 98.6 cm³/mol. The van der Waals surface area contributed by atoms with Crippen LogP contribution in [-0.2, 0) is 23.9 Å². The van der Waals surface area contributed by atoms with Crippen LogP contribution in [0.3, 0.4) is 0 Å². The van der Waals surface area contributed by atoms with E-state index in [0.29, 0.717) is 18.5 Å². The van der Waals surface area contributed by atoms with Crippen molar-refractivity contribution in [1.82, 2.24) is 0 Å². The number of hydrogen-bond acceptors (Lipinski definition) is 5. The molecule has 2 saturated heterocycles. The summed E-state index contributed by atoms with van der Waals surface area (Å²) in [5.41, 5.74) is 0.835. The minimum absolute atomic E-state index is 0.141. The van der Waals surface area contributed by atoms with Gasteiger partial charge in [0.2, 0.25) is 12.3 Å². The van der Waals surface area contributed by atoms with Gasteiger partial charge in [0.05, 0.1) is 17.7 Å². The third-order valence-electron chi connectivity index (χ3n) is 5.57. The standard InChI is InChI=1S/C19H22BrNO5/c1-11-8-14(4-5-15(11)20)21(10-22)18(24)17-12(2)19(9-25-13(3)23)7-6-16(17)26-19/h4-5,8,10,12,16-17H,6-7,9H2,1-3H3/t12-,16?,17+,19?/m0/s1. The lowest BCUT2D eigenvalue weighted by molar-refractivity contribution is -0.150. The molecule has 2 heterocycles. The van der Waals surface area contributed by atoms with Gasteiger partial charge in [-0.15, -0.1) is 0 Å². The van der Waals surface area contributed by atoms with E-state index >= 15 is 0 Å². The molecule has 4 atom stereocenters. The molecule has 140 valence electrons. The number of hydrogen-bond donors (Lipinski definition) is 0. The predicted octanol–water partition coefficient (Wildman–Crippen LogP) is 2.99. The zero-order valence-electron chi connectivity index (χ0n) is 15.0. The average Bonchev–Trinajstić information content (AvgIpc) is 3.13. The summed E-state index contributed by atoms with van der Waals surface area (Å²) in [7, 11) is 0. The molecule has 0 spiro atoms. The van der Waals surface area contributed by atoms with Crippen molar-refractivity contribution >= 4 is 39.9 Å². The van der Waals surface area contributed by atoms with Crippen LogP contribution in [0.5, 0.6) is 0 Å². The second kappa shape index (κ2) is 7.12. The van der Waals surface area contributed by atoms with Crippen LogP contribution in [0.15, 0.2) is 22.7 Å². The van der Waals surface area contributed by atoms with Crippen LogP contribution in [0, 0.1) is 18.8 Å². The number of anilines is 1. The number of halogens is 1. The summed E-state index contributed by atoms with van der Waals surface area (Å²) < 4.78 is 12.2. The average molecular weight is 424 g/mol. The maximum atomic E-state index is 13.1. The maximum Gasteiger partial charge on any atom is 0.302 e. The normalized spacial score (nSPS) is 29.5. The summed E-state index contributed by atoms with van der Waals surface area (Å²) in [5, 5.41) is 0. The van der Waals surface area contributed by atoms with E-state index in [4.69, 9.17) is 9.47 Å². The Hall–Kier alpha value is -1.73. The van der Waals surface area contributed by atoms with Crippen molar-refractivity contribution in [2.75, 3.05) is 11.5 Å². The van der Waals surface area contributed by atoms with Crippen molar-refractivity contribution < 1.29 is 23.9 Å². The molecule has 26 heavy (non-hydrogen) atoms. The van der Waals surface area contributed by atoms with Gasteiger partial charge in [0, 0.05) is 17.3 Å². The number of esters is 1. The van der Waals surface area contributed by atoms with Crippen molar-refractivity contribution in [2.24, 2.45) is 11.8 Å². The zero-order valence-corrected chi connectivity index (χ0v) is 16.6. The molecule has 2 bridgehead atoms. The first-order valence-electron chi connectivity index (χ1n) is 8.65. The first kappa shape index (κ1) is 19.0. The Morgan fingerprint density at radius 1 is 1.46 bits per heavy atom. The molecule has 3 rings (SSSR count). The minimum Gasteiger partial charge on any atom is -0.463 e. The van der Waals surface area contributed by atoms with E-state index in [2.05, 4.69) is 15.9 Å². The highest BCUT2D eigenvalue weighted by Gasteiger charge is 2.60. The summed E-state index contributed by atoms with van der Waals surface area (Å²) in [6, 6.07) is 5.35. The first-order valence-corrected chi connectivity index (χ1v) is 9.44. The largest absolute Gasteiger partial charge is 0.463 e. The Morgan fingerprint density at radius 2 is 2.19 bits per heavy atom. The van der Waals surface area contributed by atoms with Crippen molar-refractivity contribution in [1.29, 1.82) is 0 Å². The fraction of sp³-hybridized carbons (Fsp3) is 0.526. The Balaban J connectivity index is 1.83. The number of fused-ring (bicyclic) bond motifs is 2. The van der Waals surface area contributed by atoms with Gasteiger partial charge in [-0.3, -0.25) is 19.3 Å². The molecule has 2 fully saturated rings. The van der Waals surface area contributed by atoms with Crippen LogP contribution in [0.1, 0.15) is 32.3 Å². The molecular weight excluding hydrogens is 402 g/mol. The summed E-state index contributed by atoms with van der Waals surface area (Å²) in [6.07, 6.45) is 1.76. The van der Waals surface area contributed by atoms with Gasteiger partial charge < -0.3 is 9.47 Å². The van der Waals surface area contributed by atoms with Gasteiger partial charge in [-0.1, -0.05) is 22.9 Å². The molecule has 0 saturated carbocycles. The van der Waals surface area contributed by atoms with Crippen molar-refractivity contribution in [3.63, 3.8) is 0 Å². The number of ether oxygens (including phenoxy) is 2. The quantitative estimate of drug-likeness (QED) is 0.537. The molecule has 2 aliphatic rings. The third-order valence-corrected chi connectivity index (χ3v) is 6.46. The van der Waals surface area contributed by atoms with E-state index in [-0.39, 0.29) is 30.5 Å². The Kier molecular flexibility index (Phi) is 5.21. The number of benzene rings is 1. The molecule has 2 unspecified atom stereocenters. The number of carbonyl (C=O) groups is 3. The molecule has 2 amide bonds. The zero-order chi connectivity index (χ0) is 19.1. The minimum atomic E-state index is -0.638. The van der Waals surface area contributed by atoms with E-state index in [9.17, 15) is 14.4 Å². The molecule has 0 aromatic heterocycles. The smallest absolute Gasteiger partial charge is 0.302 e. The molecule has 2 aliphatic heterocycles. The van der Waals surface area contributed by atoms with Gasteiger partial charge >= 0.3 is 5.97 Å². The molecular formula is C19H22BrNO5. The van der Waals surface area contributed by atoms with Gasteiger partial charge in [0.15, 0.2) is 0 Å². The third kappa shape index (κ3) is 3.18. The van der Waals surface area contributed by atoms with Gasteiger partial charge in [-0.05, 0) is 43.5 Å². The van der Waals surface area contributed by atoms with E-state index in [0.717, 1.165) is 21.4 Å². The SMILES string of the molecule is CC(=O)OCC12CCC(O1)[C@H](C(=O)N(C=O)c1ccc(Br)c(C)c1)[C@@H]2C. The number of nitrogens with zero attached hydrogens (tertiary/aromatic N) is 1. The molecule has 0 radical (unpaired) electrons. The summed E-state index contributed by atoms with van der Waals surface area (Å²) in [6.45, 7) is 5.33. The van der Waals surface area contributed by atoms with Gasteiger partial charge in [-0.25, -0.2) is 0 Å². The fourth-order valence-corrected chi connectivity index (χ4v) is 4.30. The number of aryl methyl sites for hydroxylation is 1. The van der Waals surface area contributed by atoms with Crippen LogP contribution in [0.2, 0.25) is 0 Å². The highest BCUT2D eigenvalue weighted by molar-refractivity contribution is 9.10. The Morgan fingerprint density at radius 3 is 2.81 bits per heavy atom. The second-order valence-electron chi connectivity index (χ2n) is 7.10. The highest BCUT2D eigenvalue weighted by Crippen LogP contribution is 2.52. The molecule has 0 aliphatic carbocycles. The number of amides is 2. The highest BCUT2D eigenvalue weighted by atomic mass is 79.9. The molecule has 0 N–H and O–H groups in total. The second-order valence-corrected chi connectivity index (χ2v) is 7.96. The van der Waals surface area contributed by atoms with Crippen LogP contribution < -0.4 is 4.90 Å². The Bertz CT molecular complexity index is 751. The van der Waals surface area contributed by atoms with Crippen molar-refractivity contribution in [3.8, 4) is 0 Å². The lowest BCUT2D eigenvalue weighted by Gasteiger charge is -2.34. The van der Waals surface area contributed by atoms with Crippen LogP contribution in [-0.4, -0.2) is 36.6 Å². The molecule has 7 heteroatoms. The van der Waals surface area contributed by atoms with E-state index in [1.807, 2.05) is 19.9 Å². The van der Waals surface area contributed by atoms with Crippen LogP contribution >= 0.6 is 15.9 Å². The fourth-order valence-electron chi connectivity index (χ4n) is 4.06. The summed E-state index contributed by atoms with van der Waals surface area (Å²) in [4.78, 5) is 37.2. The molecule has 1 aromatic carbocycles. The number of carbonyl (C=O) groups excluding carboxylic acids is 3. The topological polar surface area (TPSA) is 72.9 Å². The number of rotatable bonds is 5.